The zero-order valence-electron chi connectivity index (χ0n) is 20.5. The summed E-state index contributed by atoms with van der Waals surface area (Å²) in [7, 11) is 1.62. The van der Waals surface area contributed by atoms with Gasteiger partial charge in [-0.1, -0.05) is 72.8 Å². The maximum absolute atomic E-state index is 13.8. The first-order valence-corrected chi connectivity index (χ1v) is 12.7. The highest BCUT2D eigenvalue weighted by atomic mass is 32.1. The summed E-state index contributed by atoms with van der Waals surface area (Å²) in [6.07, 6.45) is 0.238. The molecular formula is C30H30N2O3S. The summed E-state index contributed by atoms with van der Waals surface area (Å²) in [6, 6.07) is 28.3. The van der Waals surface area contributed by atoms with Crippen LogP contribution in [0.2, 0.25) is 0 Å². The fourth-order valence-electron chi connectivity index (χ4n) is 4.14. The number of rotatable bonds is 10. The molecular weight excluding hydrogens is 468 g/mol. The fraction of sp³-hybridized carbons (Fsp3) is 0.200. The minimum Gasteiger partial charge on any atom is -0.497 e. The largest absolute Gasteiger partial charge is 0.497 e. The second-order valence-corrected chi connectivity index (χ2v) is 9.62. The van der Waals surface area contributed by atoms with Gasteiger partial charge < -0.3 is 15.0 Å². The number of thiophene rings is 1. The van der Waals surface area contributed by atoms with Crippen LogP contribution in [0.15, 0.2) is 96.4 Å². The van der Waals surface area contributed by atoms with Crippen molar-refractivity contribution in [2.45, 2.75) is 32.5 Å². The average Bonchev–Trinajstić information content (AvgIpc) is 3.42. The maximum atomic E-state index is 13.8. The van der Waals surface area contributed by atoms with E-state index in [0.29, 0.717) is 13.1 Å². The zero-order chi connectivity index (χ0) is 25.3. The lowest BCUT2D eigenvalue weighted by molar-refractivity contribution is -0.141. The topological polar surface area (TPSA) is 58.6 Å². The van der Waals surface area contributed by atoms with Crippen LogP contribution in [0.1, 0.15) is 33.2 Å². The molecule has 0 saturated carbocycles. The first-order chi connectivity index (χ1) is 17.5. The number of carbonyl (C=O) groups is 2. The van der Waals surface area contributed by atoms with Gasteiger partial charge in [0.05, 0.1) is 13.5 Å². The second-order valence-electron chi connectivity index (χ2n) is 8.59. The third kappa shape index (κ3) is 6.40. The number of ether oxygens (including phenoxy) is 1. The summed E-state index contributed by atoms with van der Waals surface area (Å²) in [5, 5.41) is 5.03. The van der Waals surface area contributed by atoms with Gasteiger partial charge in [-0.15, -0.1) is 11.3 Å². The summed E-state index contributed by atoms with van der Waals surface area (Å²) >= 11 is 1.54. The van der Waals surface area contributed by atoms with Crippen molar-refractivity contribution < 1.29 is 14.3 Å². The Kier molecular flexibility index (Phi) is 8.53. The highest BCUT2D eigenvalue weighted by Gasteiger charge is 2.32. The van der Waals surface area contributed by atoms with Crippen LogP contribution in [0.3, 0.4) is 0 Å². The van der Waals surface area contributed by atoms with Crippen molar-refractivity contribution in [3.8, 4) is 5.75 Å². The Morgan fingerprint density at radius 1 is 0.889 bits per heavy atom. The van der Waals surface area contributed by atoms with Gasteiger partial charge in [0.15, 0.2) is 0 Å². The number of amides is 2. The molecule has 0 bridgehead atoms. The Morgan fingerprint density at radius 3 is 2.28 bits per heavy atom. The van der Waals surface area contributed by atoms with E-state index in [-0.39, 0.29) is 18.2 Å². The SMILES string of the molecule is COc1ccc(CN(C(=O)Cc2cccs2)[C@H](C(=O)NCc2ccccc2)c2ccccc2C)cc1. The van der Waals surface area contributed by atoms with E-state index >= 15 is 0 Å². The Morgan fingerprint density at radius 2 is 1.61 bits per heavy atom. The van der Waals surface area contributed by atoms with Crippen molar-refractivity contribution in [3.63, 3.8) is 0 Å². The first-order valence-electron chi connectivity index (χ1n) is 11.9. The van der Waals surface area contributed by atoms with Crippen molar-refractivity contribution in [1.82, 2.24) is 10.2 Å². The number of methoxy groups -OCH3 is 1. The molecule has 0 aliphatic heterocycles. The van der Waals surface area contributed by atoms with E-state index in [1.807, 2.05) is 103 Å². The van der Waals surface area contributed by atoms with Gasteiger partial charge in [0.2, 0.25) is 11.8 Å². The molecule has 0 aliphatic rings. The van der Waals surface area contributed by atoms with Crippen LogP contribution in [0, 0.1) is 6.92 Å². The van der Waals surface area contributed by atoms with Gasteiger partial charge in [0.1, 0.15) is 11.8 Å². The molecule has 0 fully saturated rings. The van der Waals surface area contributed by atoms with E-state index in [1.54, 1.807) is 23.3 Å². The molecule has 0 saturated heterocycles. The van der Waals surface area contributed by atoms with Crippen molar-refractivity contribution in [3.05, 3.63) is 124 Å². The predicted molar refractivity (Wildman–Crippen MR) is 144 cm³/mol. The number of benzene rings is 3. The Hall–Kier alpha value is -3.90. The molecule has 1 aromatic heterocycles. The zero-order valence-corrected chi connectivity index (χ0v) is 21.3. The number of carbonyl (C=O) groups excluding carboxylic acids is 2. The summed E-state index contributed by atoms with van der Waals surface area (Å²) in [5.41, 5.74) is 3.70. The van der Waals surface area contributed by atoms with Crippen molar-refractivity contribution in [2.75, 3.05) is 7.11 Å². The van der Waals surface area contributed by atoms with Gasteiger partial charge in [-0.05, 0) is 52.8 Å². The van der Waals surface area contributed by atoms with Crippen LogP contribution in [-0.4, -0.2) is 23.8 Å². The van der Waals surface area contributed by atoms with Gasteiger partial charge in [0.25, 0.3) is 0 Å². The number of hydrogen-bond acceptors (Lipinski definition) is 4. The number of hydrogen-bond donors (Lipinski definition) is 1. The van der Waals surface area contributed by atoms with Gasteiger partial charge >= 0.3 is 0 Å². The third-order valence-corrected chi connectivity index (χ3v) is 6.97. The smallest absolute Gasteiger partial charge is 0.247 e. The monoisotopic (exact) mass is 498 g/mol. The molecule has 1 N–H and O–H groups in total. The van der Waals surface area contributed by atoms with E-state index < -0.39 is 6.04 Å². The summed E-state index contributed by atoms with van der Waals surface area (Å²) in [6.45, 7) is 2.66. The van der Waals surface area contributed by atoms with E-state index in [9.17, 15) is 9.59 Å². The van der Waals surface area contributed by atoms with Gasteiger partial charge in [0, 0.05) is 18.0 Å². The highest BCUT2D eigenvalue weighted by molar-refractivity contribution is 7.10. The lowest BCUT2D eigenvalue weighted by Gasteiger charge is -2.32. The first kappa shape index (κ1) is 25.2. The van der Waals surface area contributed by atoms with E-state index in [1.165, 1.54) is 0 Å². The minimum absolute atomic E-state index is 0.101. The Bertz CT molecular complexity index is 1270. The van der Waals surface area contributed by atoms with Crippen LogP contribution in [0.25, 0.3) is 0 Å². The minimum atomic E-state index is -0.774. The van der Waals surface area contributed by atoms with Crippen LogP contribution >= 0.6 is 11.3 Å². The standard InChI is InChI=1S/C30H30N2O3S/c1-22-9-6-7-13-27(22)29(30(34)31-20-23-10-4-3-5-11-23)32(28(33)19-26-12-8-18-36-26)21-24-14-16-25(35-2)17-15-24/h3-18,29H,19-21H2,1-2H3,(H,31,34)/t29-/m0/s1. The van der Waals surface area contributed by atoms with Crippen molar-refractivity contribution in [2.24, 2.45) is 0 Å². The Labute approximate surface area is 216 Å². The fourth-order valence-corrected chi connectivity index (χ4v) is 4.84. The van der Waals surface area contributed by atoms with Gasteiger partial charge in [-0.3, -0.25) is 9.59 Å². The van der Waals surface area contributed by atoms with E-state index in [0.717, 1.165) is 32.9 Å². The molecule has 184 valence electrons. The van der Waals surface area contributed by atoms with Crippen molar-refractivity contribution >= 4 is 23.2 Å². The van der Waals surface area contributed by atoms with Crippen LogP contribution < -0.4 is 10.1 Å². The van der Waals surface area contributed by atoms with E-state index in [4.69, 9.17) is 4.74 Å². The number of nitrogens with one attached hydrogen (secondary N) is 1. The van der Waals surface area contributed by atoms with Gasteiger partial charge in [-0.25, -0.2) is 0 Å². The molecule has 2 amide bonds. The van der Waals surface area contributed by atoms with Gasteiger partial charge in [-0.2, -0.15) is 0 Å². The molecule has 1 heterocycles. The molecule has 5 nitrogen and oxygen atoms in total. The number of nitrogens with zero attached hydrogens (tertiary/aromatic N) is 1. The van der Waals surface area contributed by atoms with Crippen LogP contribution in [0.5, 0.6) is 5.75 Å². The lowest BCUT2D eigenvalue weighted by atomic mass is 9.97. The predicted octanol–water partition coefficient (Wildman–Crippen LogP) is 5.69. The second kappa shape index (κ2) is 12.2. The lowest BCUT2D eigenvalue weighted by Crippen LogP contribution is -2.44. The summed E-state index contributed by atoms with van der Waals surface area (Å²) < 4.78 is 5.29. The molecule has 3 aromatic carbocycles. The molecule has 0 spiro atoms. The molecule has 0 aliphatic carbocycles. The quantitative estimate of drug-likeness (QED) is 0.305. The third-order valence-electron chi connectivity index (χ3n) is 6.09. The molecule has 4 rings (SSSR count). The van der Waals surface area contributed by atoms with E-state index in [2.05, 4.69) is 5.32 Å². The average molecular weight is 499 g/mol. The highest BCUT2D eigenvalue weighted by Crippen LogP contribution is 2.28. The normalized spacial score (nSPS) is 11.5. The van der Waals surface area contributed by atoms with Crippen molar-refractivity contribution in [1.29, 1.82) is 0 Å². The molecule has 6 heteroatoms. The summed E-state index contributed by atoms with van der Waals surface area (Å²) in [5.74, 6) is 0.434. The molecule has 0 unspecified atom stereocenters. The van der Waals surface area contributed by atoms with Crippen LogP contribution in [0.4, 0.5) is 0 Å². The molecule has 36 heavy (non-hydrogen) atoms. The summed E-state index contributed by atoms with van der Waals surface area (Å²) in [4.78, 5) is 30.2. The number of aryl methyl sites for hydroxylation is 1. The Balaban J connectivity index is 1.69. The molecule has 1 atom stereocenters. The molecule has 0 radical (unpaired) electrons. The maximum Gasteiger partial charge on any atom is 0.247 e. The molecule has 4 aromatic rings. The van der Waals surface area contributed by atoms with Crippen LogP contribution in [-0.2, 0) is 29.1 Å².